The number of aliphatic hydroxyl groups is 1. The van der Waals surface area contributed by atoms with Gasteiger partial charge in [0.2, 0.25) is 5.78 Å². The number of rotatable bonds is 5. The van der Waals surface area contributed by atoms with Crippen molar-refractivity contribution in [1.29, 1.82) is 0 Å². The average molecular weight is 436 g/mol. The summed E-state index contributed by atoms with van der Waals surface area (Å²) >= 11 is 0. The highest BCUT2D eigenvalue weighted by Gasteiger charge is 2.31. The zero-order valence-electron chi connectivity index (χ0n) is 17.6. The zero-order valence-corrected chi connectivity index (χ0v) is 17.6. The highest BCUT2D eigenvalue weighted by molar-refractivity contribution is 6.16. The summed E-state index contributed by atoms with van der Waals surface area (Å²) in [5.41, 5.74) is 1.81. The highest BCUT2D eigenvalue weighted by atomic mass is 16.5. The maximum atomic E-state index is 12.8. The van der Waals surface area contributed by atoms with Gasteiger partial charge in [0.05, 0.1) is 13.2 Å². The Hall–Kier alpha value is -3.49. The summed E-state index contributed by atoms with van der Waals surface area (Å²) in [6.45, 7) is 3.09. The highest BCUT2D eigenvalue weighted by Crippen LogP contribution is 2.41. The van der Waals surface area contributed by atoms with Crippen LogP contribution in [0.5, 0.6) is 23.0 Å². The number of nitrogens with zero attached hydrogens (tertiary/aromatic N) is 2. The minimum atomic E-state index is -0.438. The maximum absolute atomic E-state index is 12.8. The summed E-state index contributed by atoms with van der Waals surface area (Å²) in [4.78, 5) is 15.1. The summed E-state index contributed by atoms with van der Waals surface area (Å²) in [5, 5.41) is 30.4. The molecule has 0 amide bonds. The molecule has 3 aromatic rings. The predicted octanol–water partition coefficient (Wildman–Crippen LogP) is 2.74. The van der Waals surface area contributed by atoms with Crippen molar-refractivity contribution in [2.45, 2.75) is 19.1 Å². The van der Waals surface area contributed by atoms with E-state index >= 15 is 0 Å². The van der Waals surface area contributed by atoms with E-state index in [-0.39, 0.29) is 34.7 Å². The molecule has 8 heteroatoms. The molecule has 1 saturated heterocycles. The first-order valence-corrected chi connectivity index (χ1v) is 10.5. The van der Waals surface area contributed by atoms with E-state index < -0.39 is 5.78 Å². The van der Waals surface area contributed by atoms with Crippen LogP contribution in [0.15, 0.2) is 42.3 Å². The Bertz CT molecular complexity index is 1250. The largest absolute Gasteiger partial charge is 0.508 e. The number of likely N-dealkylation sites (tertiary alicyclic amines) is 1. The van der Waals surface area contributed by atoms with Gasteiger partial charge in [0.25, 0.3) is 0 Å². The minimum Gasteiger partial charge on any atom is -0.508 e. The van der Waals surface area contributed by atoms with E-state index in [2.05, 4.69) is 9.47 Å². The lowest BCUT2D eigenvalue weighted by Crippen LogP contribution is -2.26. The number of phenols is 2. The number of fused-ring (bicyclic) bond motifs is 2. The fourth-order valence-electron chi connectivity index (χ4n) is 4.41. The second-order valence-corrected chi connectivity index (χ2v) is 8.18. The first-order valence-electron chi connectivity index (χ1n) is 10.5. The number of carbonyl (C=O) groups is 1. The third-order valence-electron chi connectivity index (χ3n) is 6.05. The molecule has 32 heavy (non-hydrogen) atoms. The SMILES string of the molecule is COc1ccc2c(c1)c(/C=C1\Oc3cc(O)cc(O)c3C1=O)cn2CCN1CCC(O)C1. The van der Waals surface area contributed by atoms with Crippen LogP contribution in [0.25, 0.3) is 17.0 Å². The summed E-state index contributed by atoms with van der Waals surface area (Å²) in [5.74, 6) is -0.0264. The van der Waals surface area contributed by atoms with Gasteiger partial charge in [-0.25, -0.2) is 0 Å². The Morgan fingerprint density at radius 1 is 1.22 bits per heavy atom. The van der Waals surface area contributed by atoms with Crippen LogP contribution in [0.3, 0.4) is 0 Å². The minimum absolute atomic E-state index is 0.0444. The molecule has 1 fully saturated rings. The predicted molar refractivity (Wildman–Crippen MR) is 118 cm³/mol. The molecule has 166 valence electrons. The number of aromatic hydroxyl groups is 2. The lowest BCUT2D eigenvalue weighted by atomic mass is 10.1. The number of ether oxygens (including phenoxy) is 2. The second kappa shape index (κ2) is 7.89. The van der Waals surface area contributed by atoms with Crippen molar-refractivity contribution < 1.29 is 29.6 Å². The van der Waals surface area contributed by atoms with Gasteiger partial charge in [-0.05, 0) is 30.7 Å². The van der Waals surface area contributed by atoms with Crippen LogP contribution in [0.1, 0.15) is 22.3 Å². The van der Waals surface area contributed by atoms with Crippen LogP contribution in [0.4, 0.5) is 0 Å². The summed E-state index contributed by atoms with van der Waals surface area (Å²) in [7, 11) is 1.60. The van der Waals surface area contributed by atoms with E-state index in [0.717, 1.165) is 48.6 Å². The number of ketones is 1. The van der Waals surface area contributed by atoms with Crippen molar-refractivity contribution >= 4 is 22.8 Å². The van der Waals surface area contributed by atoms with Gasteiger partial charge in [-0.1, -0.05) is 0 Å². The normalized spacial score (nSPS) is 19.6. The Kier molecular flexibility index (Phi) is 5.03. The second-order valence-electron chi connectivity index (χ2n) is 8.18. The molecule has 2 aromatic carbocycles. The lowest BCUT2D eigenvalue weighted by molar-refractivity contribution is 0.101. The maximum Gasteiger partial charge on any atom is 0.235 e. The van der Waals surface area contributed by atoms with Gasteiger partial charge < -0.3 is 29.4 Å². The summed E-state index contributed by atoms with van der Waals surface area (Å²) in [6.07, 6.45) is 4.14. The van der Waals surface area contributed by atoms with E-state index in [4.69, 9.17) is 9.47 Å². The average Bonchev–Trinajstić information content (AvgIpc) is 3.42. The summed E-state index contributed by atoms with van der Waals surface area (Å²) in [6, 6.07) is 8.21. The summed E-state index contributed by atoms with van der Waals surface area (Å²) < 4.78 is 13.2. The molecule has 3 heterocycles. The lowest BCUT2D eigenvalue weighted by Gasteiger charge is -2.15. The molecule has 3 N–H and O–H groups in total. The molecule has 0 radical (unpaired) electrons. The smallest absolute Gasteiger partial charge is 0.235 e. The number of aliphatic hydroxyl groups excluding tert-OH is 1. The van der Waals surface area contributed by atoms with Crippen molar-refractivity contribution in [3.63, 3.8) is 0 Å². The number of hydrogen-bond donors (Lipinski definition) is 3. The monoisotopic (exact) mass is 436 g/mol. The van der Waals surface area contributed by atoms with E-state index in [1.165, 1.54) is 6.07 Å². The molecular formula is C24H24N2O6. The van der Waals surface area contributed by atoms with E-state index in [1.54, 1.807) is 13.2 Å². The molecule has 0 aliphatic carbocycles. The Labute approximate surface area is 184 Å². The number of β-amino-alcohol motifs (C(OH)–C–C–N with tert-alkyl or cyclic N) is 1. The van der Waals surface area contributed by atoms with E-state index in [1.807, 2.05) is 24.4 Å². The Morgan fingerprint density at radius 2 is 2.06 bits per heavy atom. The Balaban J connectivity index is 1.50. The number of hydrogen-bond acceptors (Lipinski definition) is 7. The third kappa shape index (κ3) is 3.57. The molecule has 2 aliphatic heterocycles. The van der Waals surface area contributed by atoms with Crippen molar-refractivity contribution in [3.05, 3.63) is 53.4 Å². The third-order valence-corrected chi connectivity index (χ3v) is 6.05. The van der Waals surface area contributed by atoms with Gasteiger partial charge in [-0.3, -0.25) is 9.69 Å². The van der Waals surface area contributed by atoms with E-state index in [9.17, 15) is 20.1 Å². The number of phenolic OH excluding ortho intramolecular Hbond substituents is 2. The zero-order chi connectivity index (χ0) is 22.4. The van der Waals surface area contributed by atoms with E-state index in [0.29, 0.717) is 12.3 Å². The Morgan fingerprint density at radius 3 is 2.81 bits per heavy atom. The molecule has 5 rings (SSSR count). The van der Waals surface area contributed by atoms with Gasteiger partial charge in [-0.15, -0.1) is 0 Å². The molecule has 1 aromatic heterocycles. The van der Waals surface area contributed by atoms with Crippen molar-refractivity contribution in [3.8, 4) is 23.0 Å². The van der Waals surface area contributed by atoms with Crippen molar-refractivity contribution in [1.82, 2.24) is 9.47 Å². The standard InChI is InChI=1S/C24H24N2O6/c1-31-17-2-3-19-18(11-17)14(12-26(19)7-6-25-5-4-15(27)13-25)8-22-24(30)23-20(29)9-16(28)10-21(23)32-22/h2-3,8-12,15,27-29H,4-7,13H2,1H3/b22-8-. The molecule has 2 aliphatic rings. The van der Waals surface area contributed by atoms with Crippen LogP contribution in [-0.2, 0) is 6.54 Å². The van der Waals surface area contributed by atoms with Gasteiger partial charge in [0.1, 0.15) is 28.6 Å². The van der Waals surface area contributed by atoms with Gasteiger partial charge in [0.15, 0.2) is 5.76 Å². The van der Waals surface area contributed by atoms with Crippen LogP contribution in [0.2, 0.25) is 0 Å². The molecule has 1 atom stereocenters. The molecule has 8 nitrogen and oxygen atoms in total. The molecule has 1 unspecified atom stereocenters. The fraction of sp³-hybridized carbons (Fsp3) is 0.292. The van der Waals surface area contributed by atoms with Crippen LogP contribution in [0, 0.1) is 0 Å². The first kappa shape index (κ1) is 20.4. The molecular weight excluding hydrogens is 412 g/mol. The van der Waals surface area contributed by atoms with Gasteiger partial charge in [-0.2, -0.15) is 0 Å². The number of allylic oxidation sites excluding steroid dienone is 1. The number of carbonyl (C=O) groups excluding carboxylic acids is 1. The number of Topliss-reactive ketones (excluding diaryl/α,β-unsaturated/α-hetero) is 1. The first-order chi connectivity index (χ1) is 15.4. The molecule has 0 bridgehead atoms. The number of aromatic nitrogens is 1. The van der Waals surface area contributed by atoms with Crippen LogP contribution in [-0.4, -0.2) is 63.4 Å². The molecule has 0 spiro atoms. The van der Waals surface area contributed by atoms with Crippen molar-refractivity contribution in [2.75, 3.05) is 26.7 Å². The van der Waals surface area contributed by atoms with Crippen LogP contribution >= 0.6 is 0 Å². The number of methoxy groups -OCH3 is 1. The van der Waals surface area contributed by atoms with Crippen molar-refractivity contribution in [2.24, 2.45) is 0 Å². The molecule has 0 saturated carbocycles. The topological polar surface area (TPSA) is 104 Å². The quantitative estimate of drug-likeness (QED) is 0.528. The number of benzene rings is 2. The van der Waals surface area contributed by atoms with Crippen LogP contribution < -0.4 is 9.47 Å². The fourth-order valence-corrected chi connectivity index (χ4v) is 4.41. The van der Waals surface area contributed by atoms with Gasteiger partial charge in [0, 0.05) is 61.0 Å². The van der Waals surface area contributed by atoms with Gasteiger partial charge >= 0.3 is 0 Å².